The lowest BCUT2D eigenvalue weighted by atomic mass is 9.78. The van der Waals surface area contributed by atoms with Crippen molar-refractivity contribution in [3.63, 3.8) is 0 Å². The largest absolute Gasteiger partial charge is 0.377 e. The van der Waals surface area contributed by atoms with E-state index in [-0.39, 0.29) is 24.8 Å². The summed E-state index contributed by atoms with van der Waals surface area (Å²) < 4.78 is 5.26. The van der Waals surface area contributed by atoms with Crippen LogP contribution in [0.1, 0.15) is 60.3 Å². The molecule has 1 atom stereocenters. The van der Waals surface area contributed by atoms with Crippen LogP contribution in [0.25, 0.3) is 0 Å². The van der Waals surface area contributed by atoms with Gasteiger partial charge in [-0.2, -0.15) is 0 Å². The fraction of sp³-hybridized carbons (Fsp3) is 0.500. The van der Waals surface area contributed by atoms with E-state index in [1.165, 1.54) is 17.5 Å². The molecule has 1 fully saturated rings. The number of anilines is 1. The summed E-state index contributed by atoms with van der Waals surface area (Å²) in [5.74, 6) is 2.10. The maximum Gasteiger partial charge on any atom is 0.156 e. The number of benzene rings is 1. The van der Waals surface area contributed by atoms with E-state index in [0.717, 1.165) is 43.0 Å². The predicted molar refractivity (Wildman–Crippen MR) is 113 cm³/mol. The maximum absolute atomic E-state index is 5.96. The van der Waals surface area contributed by atoms with E-state index in [4.69, 9.17) is 10.5 Å². The first-order chi connectivity index (χ1) is 12.2. The van der Waals surface area contributed by atoms with E-state index in [9.17, 15) is 0 Å². The standard InChI is InChI=1S/C20H26N4O.2ClH/c1-25-12-20-23-18(14-9-15(21)10-14)11-19(24-20)22-17-8-4-6-13-5-2-3-7-16(13)17;;/h2-3,5,7,11,14-15,17H,4,6,8-10,12,21H2,1H3,(H,22,23,24);2*1H/t14?,15?,17-;;/m0../s1. The van der Waals surface area contributed by atoms with Crippen molar-refractivity contribution in [2.45, 2.75) is 56.7 Å². The molecule has 2 aromatic rings. The first-order valence-corrected chi connectivity index (χ1v) is 9.19. The number of rotatable bonds is 5. The minimum absolute atomic E-state index is 0. The summed E-state index contributed by atoms with van der Waals surface area (Å²) in [5.41, 5.74) is 9.90. The van der Waals surface area contributed by atoms with Gasteiger partial charge in [0.15, 0.2) is 5.82 Å². The van der Waals surface area contributed by atoms with E-state index in [1.807, 2.05) is 0 Å². The Bertz CT molecular complexity index is 753. The average molecular weight is 411 g/mol. The lowest BCUT2D eigenvalue weighted by molar-refractivity contribution is 0.177. The monoisotopic (exact) mass is 410 g/mol. The third-order valence-corrected chi connectivity index (χ3v) is 5.35. The Morgan fingerprint density at radius 1 is 1.19 bits per heavy atom. The van der Waals surface area contributed by atoms with Crippen molar-refractivity contribution in [1.29, 1.82) is 0 Å². The van der Waals surface area contributed by atoms with Crippen LogP contribution in [0.5, 0.6) is 0 Å². The SMILES string of the molecule is COCc1nc(N[C@H]2CCCc3ccccc32)cc(C2CC(N)C2)n1.Cl.Cl. The van der Waals surface area contributed by atoms with Gasteiger partial charge in [0.05, 0.1) is 6.04 Å². The van der Waals surface area contributed by atoms with Crippen molar-refractivity contribution >= 4 is 30.6 Å². The predicted octanol–water partition coefficient (Wildman–Crippen LogP) is 4.16. The molecule has 0 spiro atoms. The quantitative estimate of drug-likeness (QED) is 0.773. The Labute approximate surface area is 173 Å². The zero-order chi connectivity index (χ0) is 17.2. The summed E-state index contributed by atoms with van der Waals surface area (Å²) in [7, 11) is 1.68. The summed E-state index contributed by atoms with van der Waals surface area (Å²) in [4.78, 5) is 9.36. The van der Waals surface area contributed by atoms with E-state index >= 15 is 0 Å². The highest BCUT2D eigenvalue weighted by Crippen LogP contribution is 2.36. The molecule has 0 bridgehead atoms. The average Bonchev–Trinajstić information content (AvgIpc) is 2.59. The molecule has 0 radical (unpaired) electrons. The first-order valence-electron chi connectivity index (χ1n) is 9.19. The van der Waals surface area contributed by atoms with Crippen molar-refractivity contribution in [2.24, 2.45) is 5.73 Å². The highest BCUT2D eigenvalue weighted by Gasteiger charge is 2.29. The molecule has 4 rings (SSSR count). The second kappa shape index (κ2) is 9.69. The number of methoxy groups -OCH3 is 1. The third kappa shape index (κ3) is 4.91. The molecule has 0 unspecified atom stereocenters. The number of aryl methyl sites for hydroxylation is 1. The highest BCUT2D eigenvalue weighted by molar-refractivity contribution is 5.85. The van der Waals surface area contributed by atoms with Gasteiger partial charge in [-0.1, -0.05) is 24.3 Å². The molecule has 1 aromatic carbocycles. The number of nitrogens with one attached hydrogen (secondary N) is 1. The molecule has 27 heavy (non-hydrogen) atoms. The topological polar surface area (TPSA) is 73.1 Å². The fourth-order valence-corrected chi connectivity index (χ4v) is 3.98. The number of hydrogen-bond acceptors (Lipinski definition) is 5. The van der Waals surface area contributed by atoms with Gasteiger partial charge in [0.2, 0.25) is 0 Å². The third-order valence-electron chi connectivity index (χ3n) is 5.35. The van der Waals surface area contributed by atoms with Crippen molar-refractivity contribution in [2.75, 3.05) is 12.4 Å². The van der Waals surface area contributed by atoms with Gasteiger partial charge in [-0.15, -0.1) is 24.8 Å². The molecule has 2 aliphatic rings. The number of nitrogens with zero attached hydrogens (tertiary/aromatic N) is 2. The Morgan fingerprint density at radius 2 is 1.96 bits per heavy atom. The molecule has 2 aliphatic carbocycles. The Balaban J connectivity index is 0.00000131. The summed E-state index contributed by atoms with van der Waals surface area (Å²) in [6.45, 7) is 0.433. The number of fused-ring (bicyclic) bond motifs is 1. The van der Waals surface area contributed by atoms with Gasteiger partial charge < -0.3 is 15.8 Å². The van der Waals surface area contributed by atoms with Crippen molar-refractivity contribution in [1.82, 2.24) is 9.97 Å². The molecule has 0 amide bonds. The Kier molecular flexibility index (Phi) is 7.86. The minimum atomic E-state index is 0. The fourth-order valence-electron chi connectivity index (χ4n) is 3.98. The Hall–Kier alpha value is -1.40. The van der Waals surface area contributed by atoms with Crippen molar-refractivity contribution < 1.29 is 4.74 Å². The molecule has 1 heterocycles. The zero-order valence-electron chi connectivity index (χ0n) is 15.6. The normalized spacial score (nSPS) is 23.3. The summed E-state index contributed by atoms with van der Waals surface area (Å²) in [6, 6.07) is 11.4. The summed E-state index contributed by atoms with van der Waals surface area (Å²) in [5, 5.41) is 3.65. The van der Waals surface area contributed by atoms with Crippen LogP contribution in [0, 0.1) is 0 Å². The first kappa shape index (κ1) is 21.9. The lowest BCUT2D eigenvalue weighted by Crippen LogP contribution is -2.35. The van der Waals surface area contributed by atoms with E-state index in [1.54, 1.807) is 7.11 Å². The van der Waals surface area contributed by atoms with Gasteiger partial charge >= 0.3 is 0 Å². The molecule has 5 nitrogen and oxygen atoms in total. The van der Waals surface area contributed by atoms with Crippen LogP contribution in [-0.2, 0) is 17.8 Å². The summed E-state index contributed by atoms with van der Waals surface area (Å²) >= 11 is 0. The van der Waals surface area contributed by atoms with Gasteiger partial charge in [0.1, 0.15) is 12.4 Å². The second-order valence-electron chi connectivity index (χ2n) is 7.24. The molecule has 1 aromatic heterocycles. The van der Waals surface area contributed by atoms with E-state index < -0.39 is 0 Å². The molecule has 7 heteroatoms. The second-order valence-corrected chi connectivity index (χ2v) is 7.24. The van der Waals surface area contributed by atoms with Crippen molar-refractivity contribution in [3.05, 3.63) is 53.0 Å². The van der Waals surface area contributed by atoms with Gasteiger partial charge in [0, 0.05) is 30.8 Å². The molecular weight excluding hydrogens is 383 g/mol. The van der Waals surface area contributed by atoms with Gasteiger partial charge in [-0.25, -0.2) is 9.97 Å². The lowest BCUT2D eigenvalue weighted by Gasteiger charge is -2.32. The minimum Gasteiger partial charge on any atom is -0.377 e. The van der Waals surface area contributed by atoms with Crippen LogP contribution >= 0.6 is 24.8 Å². The Morgan fingerprint density at radius 3 is 2.70 bits per heavy atom. The smallest absolute Gasteiger partial charge is 0.156 e. The number of ether oxygens (including phenoxy) is 1. The summed E-state index contributed by atoms with van der Waals surface area (Å²) in [6.07, 6.45) is 5.52. The van der Waals surface area contributed by atoms with Crippen LogP contribution in [0.3, 0.4) is 0 Å². The molecule has 1 saturated carbocycles. The molecule has 3 N–H and O–H groups in total. The van der Waals surface area contributed by atoms with E-state index in [2.05, 4.69) is 45.6 Å². The number of hydrogen-bond donors (Lipinski definition) is 2. The highest BCUT2D eigenvalue weighted by atomic mass is 35.5. The molecule has 0 aliphatic heterocycles. The zero-order valence-corrected chi connectivity index (χ0v) is 17.2. The van der Waals surface area contributed by atoms with Crippen LogP contribution < -0.4 is 11.1 Å². The van der Waals surface area contributed by atoms with Crippen LogP contribution in [0.2, 0.25) is 0 Å². The van der Waals surface area contributed by atoms with Gasteiger partial charge in [-0.3, -0.25) is 0 Å². The number of nitrogens with two attached hydrogens (primary N) is 1. The molecule has 148 valence electrons. The van der Waals surface area contributed by atoms with E-state index in [0.29, 0.717) is 24.6 Å². The van der Waals surface area contributed by atoms with Crippen molar-refractivity contribution in [3.8, 4) is 0 Å². The van der Waals surface area contributed by atoms with Gasteiger partial charge in [-0.05, 0) is 43.2 Å². The molecular formula is C20H28Cl2N4O. The maximum atomic E-state index is 5.96. The van der Waals surface area contributed by atoms with Crippen LogP contribution in [0.15, 0.2) is 30.3 Å². The van der Waals surface area contributed by atoms with Gasteiger partial charge in [0.25, 0.3) is 0 Å². The number of halogens is 2. The van der Waals surface area contributed by atoms with Crippen LogP contribution in [-0.4, -0.2) is 23.1 Å². The number of aromatic nitrogens is 2. The van der Waals surface area contributed by atoms with Crippen LogP contribution in [0.4, 0.5) is 5.82 Å². The molecule has 0 saturated heterocycles.